The van der Waals surface area contributed by atoms with Crippen molar-refractivity contribution in [3.63, 3.8) is 0 Å². The fourth-order valence-electron chi connectivity index (χ4n) is 2.45. The van der Waals surface area contributed by atoms with E-state index in [1.807, 2.05) is 0 Å². The van der Waals surface area contributed by atoms with Crippen LogP contribution in [0.2, 0.25) is 0 Å². The Kier molecular flexibility index (Phi) is 6.22. The van der Waals surface area contributed by atoms with Gasteiger partial charge in [0, 0.05) is 25.7 Å². The minimum absolute atomic E-state index is 0.723. The van der Waals surface area contributed by atoms with Gasteiger partial charge in [-0.05, 0) is 25.9 Å². The summed E-state index contributed by atoms with van der Waals surface area (Å²) < 4.78 is 5.43. The zero-order chi connectivity index (χ0) is 11.1. The lowest BCUT2D eigenvalue weighted by Crippen LogP contribution is -2.42. The molecule has 0 aliphatic carbocycles. The van der Waals surface area contributed by atoms with Gasteiger partial charge in [0.1, 0.15) is 0 Å². The molecule has 1 heterocycles. The number of nitrogens with one attached hydrogen (secondary N) is 1. The van der Waals surface area contributed by atoms with Gasteiger partial charge in [-0.25, -0.2) is 0 Å². The second-order valence-electron chi connectivity index (χ2n) is 4.22. The Labute approximate surface area is 94.2 Å². The molecule has 0 aromatic carbocycles. The van der Waals surface area contributed by atoms with Crippen molar-refractivity contribution in [2.24, 2.45) is 5.92 Å². The number of rotatable bonds is 7. The standard InChI is InChI=1S/C12H26N2O/c1-4-11-9-13-10-12(11)14(5-2)7-8-15-6-3/h11-13H,4-10H2,1-3H3. The highest BCUT2D eigenvalue weighted by Crippen LogP contribution is 2.18. The van der Waals surface area contributed by atoms with Gasteiger partial charge in [-0.15, -0.1) is 0 Å². The highest BCUT2D eigenvalue weighted by Gasteiger charge is 2.29. The molecule has 0 radical (unpaired) electrons. The summed E-state index contributed by atoms with van der Waals surface area (Å²) in [5, 5.41) is 3.50. The van der Waals surface area contributed by atoms with Crippen LogP contribution in [0, 0.1) is 5.92 Å². The number of hydrogen-bond donors (Lipinski definition) is 1. The molecule has 2 unspecified atom stereocenters. The van der Waals surface area contributed by atoms with Gasteiger partial charge >= 0.3 is 0 Å². The normalized spacial score (nSPS) is 26.4. The van der Waals surface area contributed by atoms with E-state index in [0.29, 0.717) is 0 Å². The SMILES string of the molecule is CCOCCN(CC)C1CNCC1CC. The van der Waals surface area contributed by atoms with Crippen molar-refractivity contribution in [2.75, 3.05) is 39.4 Å². The first-order valence-corrected chi connectivity index (χ1v) is 6.35. The van der Waals surface area contributed by atoms with Crippen LogP contribution >= 0.6 is 0 Å². The molecule has 1 fully saturated rings. The molecule has 3 nitrogen and oxygen atoms in total. The summed E-state index contributed by atoms with van der Waals surface area (Å²) in [6.07, 6.45) is 1.28. The fraction of sp³-hybridized carbons (Fsp3) is 1.00. The van der Waals surface area contributed by atoms with Gasteiger partial charge in [-0.1, -0.05) is 20.3 Å². The van der Waals surface area contributed by atoms with Crippen molar-refractivity contribution >= 4 is 0 Å². The molecule has 90 valence electrons. The van der Waals surface area contributed by atoms with Gasteiger partial charge < -0.3 is 10.1 Å². The summed E-state index contributed by atoms with van der Waals surface area (Å²) in [6, 6.07) is 0.723. The molecule has 2 atom stereocenters. The summed E-state index contributed by atoms with van der Waals surface area (Å²) in [7, 11) is 0. The summed E-state index contributed by atoms with van der Waals surface area (Å²) >= 11 is 0. The zero-order valence-electron chi connectivity index (χ0n) is 10.5. The highest BCUT2D eigenvalue weighted by atomic mass is 16.5. The van der Waals surface area contributed by atoms with Crippen LogP contribution in [-0.4, -0.2) is 50.3 Å². The maximum atomic E-state index is 5.43. The van der Waals surface area contributed by atoms with Crippen LogP contribution < -0.4 is 5.32 Å². The third-order valence-corrected chi connectivity index (χ3v) is 3.43. The Bertz CT molecular complexity index is 164. The van der Waals surface area contributed by atoms with Crippen LogP contribution in [0.3, 0.4) is 0 Å². The van der Waals surface area contributed by atoms with E-state index in [0.717, 1.165) is 44.8 Å². The lowest BCUT2D eigenvalue weighted by atomic mass is 9.99. The van der Waals surface area contributed by atoms with Crippen LogP contribution in [-0.2, 0) is 4.74 Å². The first-order valence-electron chi connectivity index (χ1n) is 6.35. The first kappa shape index (κ1) is 12.9. The monoisotopic (exact) mass is 214 g/mol. The molecule has 1 saturated heterocycles. The van der Waals surface area contributed by atoms with E-state index in [1.165, 1.54) is 13.0 Å². The van der Waals surface area contributed by atoms with Gasteiger partial charge in [0.25, 0.3) is 0 Å². The minimum atomic E-state index is 0.723. The Hall–Kier alpha value is -0.120. The van der Waals surface area contributed by atoms with Gasteiger partial charge in [-0.2, -0.15) is 0 Å². The van der Waals surface area contributed by atoms with Gasteiger partial charge in [-0.3, -0.25) is 4.90 Å². The maximum absolute atomic E-state index is 5.43. The summed E-state index contributed by atoms with van der Waals surface area (Å²) in [5.74, 6) is 0.826. The molecule has 0 saturated carbocycles. The van der Waals surface area contributed by atoms with Crippen molar-refractivity contribution in [1.82, 2.24) is 10.2 Å². The van der Waals surface area contributed by atoms with Crippen LogP contribution in [0.15, 0.2) is 0 Å². The van der Waals surface area contributed by atoms with Crippen molar-refractivity contribution in [3.05, 3.63) is 0 Å². The van der Waals surface area contributed by atoms with Crippen LogP contribution in [0.4, 0.5) is 0 Å². The summed E-state index contributed by atoms with van der Waals surface area (Å²) in [5.41, 5.74) is 0. The van der Waals surface area contributed by atoms with E-state index in [1.54, 1.807) is 0 Å². The molecular formula is C12H26N2O. The third kappa shape index (κ3) is 3.74. The summed E-state index contributed by atoms with van der Waals surface area (Å²) in [4.78, 5) is 2.56. The molecule has 1 aliphatic rings. The quantitative estimate of drug-likeness (QED) is 0.647. The average Bonchev–Trinajstić information content (AvgIpc) is 2.72. The topological polar surface area (TPSA) is 24.5 Å². The zero-order valence-corrected chi connectivity index (χ0v) is 10.5. The van der Waals surface area contributed by atoms with Crippen molar-refractivity contribution < 1.29 is 4.74 Å². The maximum Gasteiger partial charge on any atom is 0.0593 e. The second kappa shape index (κ2) is 7.20. The fourth-order valence-corrected chi connectivity index (χ4v) is 2.45. The van der Waals surface area contributed by atoms with Crippen molar-refractivity contribution in [1.29, 1.82) is 0 Å². The van der Waals surface area contributed by atoms with E-state index in [-0.39, 0.29) is 0 Å². The Balaban J connectivity index is 2.35. The predicted molar refractivity (Wildman–Crippen MR) is 64.2 cm³/mol. The number of nitrogens with zero attached hydrogens (tertiary/aromatic N) is 1. The van der Waals surface area contributed by atoms with Gasteiger partial charge in [0.05, 0.1) is 6.61 Å². The van der Waals surface area contributed by atoms with Crippen molar-refractivity contribution in [2.45, 2.75) is 33.2 Å². The largest absolute Gasteiger partial charge is 0.380 e. The molecular weight excluding hydrogens is 188 g/mol. The molecule has 0 amide bonds. The van der Waals surface area contributed by atoms with Crippen LogP contribution in [0.1, 0.15) is 27.2 Å². The Morgan fingerprint density at radius 1 is 1.27 bits per heavy atom. The molecule has 1 aliphatic heterocycles. The average molecular weight is 214 g/mol. The van der Waals surface area contributed by atoms with Gasteiger partial charge in [0.2, 0.25) is 0 Å². The predicted octanol–water partition coefficient (Wildman–Crippen LogP) is 1.34. The lowest BCUT2D eigenvalue weighted by molar-refractivity contribution is 0.0896. The van der Waals surface area contributed by atoms with Crippen molar-refractivity contribution in [3.8, 4) is 0 Å². The highest BCUT2D eigenvalue weighted by molar-refractivity contribution is 4.87. The second-order valence-corrected chi connectivity index (χ2v) is 4.22. The van der Waals surface area contributed by atoms with E-state index < -0.39 is 0 Å². The number of hydrogen-bond acceptors (Lipinski definition) is 3. The molecule has 0 spiro atoms. The Morgan fingerprint density at radius 2 is 2.07 bits per heavy atom. The van der Waals surface area contributed by atoms with E-state index in [4.69, 9.17) is 4.74 Å². The molecule has 3 heteroatoms. The van der Waals surface area contributed by atoms with E-state index >= 15 is 0 Å². The molecule has 1 N–H and O–H groups in total. The molecule has 0 aromatic heterocycles. The number of likely N-dealkylation sites (N-methyl/N-ethyl adjacent to an activating group) is 1. The Morgan fingerprint density at radius 3 is 2.67 bits per heavy atom. The molecule has 1 rings (SSSR count). The molecule has 0 aromatic rings. The van der Waals surface area contributed by atoms with E-state index in [2.05, 4.69) is 31.0 Å². The molecule has 0 bridgehead atoms. The van der Waals surface area contributed by atoms with Crippen LogP contribution in [0.5, 0.6) is 0 Å². The number of ether oxygens (including phenoxy) is 1. The summed E-state index contributed by atoms with van der Waals surface area (Å²) in [6.45, 7) is 12.9. The smallest absolute Gasteiger partial charge is 0.0593 e. The van der Waals surface area contributed by atoms with E-state index in [9.17, 15) is 0 Å². The minimum Gasteiger partial charge on any atom is -0.380 e. The first-order chi connectivity index (χ1) is 7.33. The van der Waals surface area contributed by atoms with Crippen LogP contribution in [0.25, 0.3) is 0 Å². The third-order valence-electron chi connectivity index (χ3n) is 3.43. The van der Waals surface area contributed by atoms with Gasteiger partial charge in [0.15, 0.2) is 0 Å². The lowest BCUT2D eigenvalue weighted by Gasteiger charge is -2.30. The molecule has 15 heavy (non-hydrogen) atoms.